The number of benzene rings is 1. The fourth-order valence-corrected chi connectivity index (χ4v) is 2.06. The lowest BCUT2D eigenvalue weighted by atomic mass is 10.2. The first-order chi connectivity index (χ1) is 7.75. The van der Waals surface area contributed by atoms with E-state index in [1.54, 1.807) is 0 Å². The molecule has 0 aromatic heterocycles. The second-order valence-corrected chi connectivity index (χ2v) is 4.90. The summed E-state index contributed by atoms with van der Waals surface area (Å²) in [7, 11) is 0. The molecule has 1 heterocycles. The van der Waals surface area contributed by atoms with Gasteiger partial charge in [-0.3, -0.25) is 0 Å². The van der Waals surface area contributed by atoms with Crippen LogP contribution >= 0.6 is 15.9 Å². The zero-order chi connectivity index (χ0) is 11.4. The molecule has 0 spiro atoms. The van der Waals surface area contributed by atoms with Crippen LogP contribution in [0.15, 0.2) is 22.7 Å². The van der Waals surface area contributed by atoms with Crippen molar-refractivity contribution in [2.45, 2.75) is 13.0 Å². The number of aryl methyl sites for hydroxylation is 1. The molecule has 1 aromatic rings. The van der Waals surface area contributed by atoms with Crippen molar-refractivity contribution in [2.24, 2.45) is 0 Å². The Morgan fingerprint density at radius 1 is 1.56 bits per heavy atom. The Morgan fingerprint density at radius 3 is 3.12 bits per heavy atom. The zero-order valence-corrected chi connectivity index (χ0v) is 11.0. The monoisotopic (exact) mass is 284 g/mol. The number of hydrogen-bond acceptors (Lipinski definition) is 3. The third-order valence-corrected chi connectivity index (χ3v) is 3.56. The van der Waals surface area contributed by atoms with Gasteiger partial charge in [0, 0.05) is 29.8 Å². The maximum absolute atomic E-state index is 5.62. The number of anilines is 1. The highest BCUT2D eigenvalue weighted by molar-refractivity contribution is 9.10. The standard InChI is InChI=1S/C12H17BrN2O/c1-9-2-3-10(6-12(9)13)15-8-11-7-14-4-5-16-11/h2-3,6,11,14-15H,4-5,7-8H2,1H3. The van der Waals surface area contributed by atoms with Crippen LogP contribution in [0, 0.1) is 6.92 Å². The molecule has 0 saturated carbocycles. The van der Waals surface area contributed by atoms with Crippen LogP contribution in [0.1, 0.15) is 5.56 Å². The van der Waals surface area contributed by atoms with Crippen molar-refractivity contribution in [3.8, 4) is 0 Å². The Hall–Kier alpha value is -0.580. The van der Waals surface area contributed by atoms with Crippen LogP contribution in [0.5, 0.6) is 0 Å². The molecule has 1 saturated heterocycles. The Labute approximate surface area is 105 Å². The van der Waals surface area contributed by atoms with Gasteiger partial charge < -0.3 is 15.4 Å². The molecule has 1 fully saturated rings. The Morgan fingerprint density at radius 2 is 2.44 bits per heavy atom. The highest BCUT2D eigenvalue weighted by Gasteiger charge is 2.12. The second kappa shape index (κ2) is 5.66. The Kier molecular flexibility index (Phi) is 4.21. The molecule has 0 bridgehead atoms. The van der Waals surface area contributed by atoms with Crippen LogP contribution < -0.4 is 10.6 Å². The van der Waals surface area contributed by atoms with Gasteiger partial charge in [0.15, 0.2) is 0 Å². The van der Waals surface area contributed by atoms with E-state index < -0.39 is 0 Å². The van der Waals surface area contributed by atoms with Crippen molar-refractivity contribution in [1.82, 2.24) is 5.32 Å². The number of nitrogens with one attached hydrogen (secondary N) is 2. The number of hydrogen-bond donors (Lipinski definition) is 2. The minimum Gasteiger partial charge on any atom is -0.382 e. The van der Waals surface area contributed by atoms with Gasteiger partial charge in [-0.15, -0.1) is 0 Å². The van der Waals surface area contributed by atoms with E-state index in [0.717, 1.165) is 36.4 Å². The van der Waals surface area contributed by atoms with Crippen molar-refractivity contribution in [2.75, 3.05) is 31.6 Å². The van der Waals surface area contributed by atoms with Crippen molar-refractivity contribution in [3.63, 3.8) is 0 Å². The molecule has 1 aliphatic rings. The lowest BCUT2D eigenvalue weighted by Crippen LogP contribution is -2.42. The van der Waals surface area contributed by atoms with Crippen molar-refractivity contribution >= 4 is 21.6 Å². The van der Waals surface area contributed by atoms with Gasteiger partial charge in [-0.1, -0.05) is 22.0 Å². The van der Waals surface area contributed by atoms with Crippen molar-refractivity contribution in [3.05, 3.63) is 28.2 Å². The molecular formula is C12H17BrN2O. The minimum absolute atomic E-state index is 0.272. The molecule has 16 heavy (non-hydrogen) atoms. The summed E-state index contributed by atoms with van der Waals surface area (Å²) in [6.45, 7) is 5.64. The SMILES string of the molecule is Cc1ccc(NCC2CNCCO2)cc1Br. The molecule has 88 valence electrons. The molecule has 1 unspecified atom stereocenters. The van der Waals surface area contributed by atoms with Crippen LogP contribution in [0.25, 0.3) is 0 Å². The van der Waals surface area contributed by atoms with E-state index in [1.807, 2.05) is 0 Å². The lowest BCUT2D eigenvalue weighted by Gasteiger charge is -2.24. The van der Waals surface area contributed by atoms with Crippen LogP contribution in [-0.2, 0) is 4.74 Å². The van der Waals surface area contributed by atoms with Gasteiger partial charge in [-0.25, -0.2) is 0 Å². The summed E-state index contributed by atoms with van der Waals surface area (Å²) >= 11 is 3.53. The average Bonchev–Trinajstić information content (AvgIpc) is 2.32. The summed E-state index contributed by atoms with van der Waals surface area (Å²) in [5.41, 5.74) is 2.38. The fourth-order valence-electron chi connectivity index (χ4n) is 1.69. The molecule has 3 nitrogen and oxygen atoms in total. The number of halogens is 1. The number of rotatable bonds is 3. The first-order valence-electron chi connectivity index (χ1n) is 5.58. The fraction of sp³-hybridized carbons (Fsp3) is 0.500. The van der Waals surface area contributed by atoms with Crippen LogP contribution in [0.4, 0.5) is 5.69 Å². The molecule has 1 atom stereocenters. The normalized spacial score (nSPS) is 20.8. The summed E-state index contributed by atoms with van der Waals surface area (Å²) in [6, 6.07) is 6.30. The molecule has 0 radical (unpaired) electrons. The summed E-state index contributed by atoms with van der Waals surface area (Å²) < 4.78 is 6.76. The average molecular weight is 285 g/mol. The van der Waals surface area contributed by atoms with Crippen molar-refractivity contribution < 1.29 is 4.74 Å². The maximum Gasteiger partial charge on any atom is 0.0872 e. The summed E-state index contributed by atoms with van der Waals surface area (Å²) in [5, 5.41) is 6.70. The van der Waals surface area contributed by atoms with E-state index in [0.29, 0.717) is 0 Å². The molecule has 2 rings (SSSR count). The predicted octanol–water partition coefficient (Wildman–Crippen LogP) is 2.16. The number of morpholine rings is 1. The summed E-state index contributed by atoms with van der Waals surface area (Å²) in [6.07, 6.45) is 0.272. The first-order valence-corrected chi connectivity index (χ1v) is 6.37. The molecule has 0 amide bonds. The highest BCUT2D eigenvalue weighted by Crippen LogP contribution is 2.20. The van der Waals surface area contributed by atoms with Crippen molar-refractivity contribution in [1.29, 1.82) is 0 Å². The van der Waals surface area contributed by atoms with Gasteiger partial charge in [0.2, 0.25) is 0 Å². The first kappa shape index (κ1) is 11.9. The largest absolute Gasteiger partial charge is 0.382 e. The molecule has 1 aliphatic heterocycles. The van der Waals surface area contributed by atoms with Gasteiger partial charge in [-0.05, 0) is 24.6 Å². The van der Waals surface area contributed by atoms with E-state index in [9.17, 15) is 0 Å². The van der Waals surface area contributed by atoms with E-state index in [1.165, 1.54) is 5.56 Å². The second-order valence-electron chi connectivity index (χ2n) is 4.04. The zero-order valence-electron chi connectivity index (χ0n) is 9.42. The van der Waals surface area contributed by atoms with E-state index in [-0.39, 0.29) is 6.10 Å². The predicted molar refractivity (Wildman–Crippen MR) is 70.0 cm³/mol. The summed E-state index contributed by atoms with van der Waals surface area (Å²) in [5.74, 6) is 0. The molecule has 0 aliphatic carbocycles. The summed E-state index contributed by atoms with van der Waals surface area (Å²) in [4.78, 5) is 0. The smallest absolute Gasteiger partial charge is 0.0872 e. The highest BCUT2D eigenvalue weighted by atomic mass is 79.9. The van der Waals surface area contributed by atoms with Gasteiger partial charge in [0.05, 0.1) is 12.7 Å². The number of ether oxygens (including phenoxy) is 1. The van der Waals surface area contributed by atoms with Gasteiger partial charge >= 0.3 is 0 Å². The lowest BCUT2D eigenvalue weighted by molar-refractivity contribution is 0.0372. The minimum atomic E-state index is 0.272. The maximum atomic E-state index is 5.62. The third-order valence-electron chi connectivity index (χ3n) is 2.71. The Bertz CT molecular complexity index is 351. The van der Waals surface area contributed by atoms with Gasteiger partial charge in [0.25, 0.3) is 0 Å². The molecule has 4 heteroatoms. The molecular weight excluding hydrogens is 268 g/mol. The van der Waals surface area contributed by atoms with Gasteiger partial charge in [0.1, 0.15) is 0 Å². The quantitative estimate of drug-likeness (QED) is 0.893. The third kappa shape index (κ3) is 3.20. The molecule has 2 N–H and O–H groups in total. The van der Waals surface area contributed by atoms with E-state index in [4.69, 9.17) is 4.74 Å². The topological polar surface area (TPSA) is 33.3 Å². The van der Waals surface area contributed by atoms with Crippen LogP contribution in [0.3, 0.4) is 0 Å². The van der Waals surface area contributed by atoms with E-state index in [2.05, 4.69) is 51.7 Å². The molecule has 1 aromatic carbocycles. The van der Waals surface area contributed by atoms with E-state index >= 15 is 0 Å². The Balaban J connectivity index is 1.86. The van der Waals surface area contributed by atoms with Gasteiger partial charge in [-0.2, -0.15) is 0 Å². The van der Waals surface area contributed by atoms with Crippen LogP contribution in [-0.4, -0.2) is 32.3 Å². The van der Waals surface area contributed by atoms with Crippen LogP contribution in [0.2, 0.25) is 0 Å².